The number of hydrogen-bond donors (Lipinski definition) is 0. The fourth-order valence-corrected chi connectivity index (χ4v) is 6.85. The number of benzene rings is 2. The van der Waals surface area contributed by atoms with Crippen LogP contribution in [-0.2, 0) is 6.54 Å². The molecule has 1 saturated heterocycles. The average molecular weight is 655 g/mol. The van der Waals surface area contributed by atoms with Crippen molar-refractivity contribution in [1.29, 1.82) is 0 Å². The summed E-state index contributed by atoms with van der Waals surface area (Å²) in [5, 5.41) is 1.23. The van der Waals surface area contributed by atoms with Crippen molar-refractivity contribution in [3.05, 3.63) is 99.3 Å². The molecule has 0 unspecified atom stereocenters. The van der Waals surface area contributed by atoms with Crippen LogP contribution in [-0.4, -0.2) is 68.9 Å². The highest BCUT2D eigenvalue weighted by atomic mass is 35.5. The fourth-order valence-electron chi connectivity index (χ4n) is 6.25. The minimum absolute atomic E-state index is 0.155. The van der Waals surface area contributed by atoms with Gasteiger partial charge in [-0.25, -0.2) is 15.0 Å². The van der Waals surface area contributed by atoms with E-state index in [1.54, 1.807) is 60.3 Å². The van der Waals surface area contributed by atoms with E-state index in [1.165, 1.54) is 11.8 Å². The molecule has 0 radical (unpaired) electrons. The largest absolute Gasteiger partial charge is 0.497 e. The lowest BCUT2D eigenvalue weighted by atomic mass is 10.1. The van der Waals surface area contributed by atoms with E-state index in [4.69, 9.17) is 31.3 Å². The topological polar surface area (TPSA) is 110 Å². The number of pyridine rings is 1. The van der Waals surface area contributed by atoms with Crippen molar-refractivity contribution < 1.29 is 9.53 Å². The Kier molecular flexibility index (Phi) is 7.99. The van der Waals surface area contributed by atoms with Crippen LogP contribution in [0.3, 0.4) is 0 Å². The predicted molar refractivity (Wildman–Crippen MR) is 179 cm³/mol. The highest BCUT2D eigenvalue weighted by Gasteiger charge is 2.39. The Morgan fingerprint density at radius 3 is 2.57 bits per heavy atom. The highest BCUT2D eigenvalue weighted by Crippen LogP contribution is 2.42. The van der Waals surface area contributed by atoms with Crippen LogP contribution in [0.4, 0.5) is 11.6 Å². The molecule has 1 fully saturated rings. The summed E-state index contributed by atoms with van der Waals surface area (Å²) in [7, 11) is 3.43. The van der Waals surface area contributed by atoms with Gasteiger partial charge in [-0.1, -0.05) is 41.6 Å². The summed E-state index contributed by atoms with van der Waals surface area (Å²) in [6.07, 6.45) is 6.74. The van der Waals surface area contributed by atoms with Crippen LogP contribution in [0.2, 0.25) is 5.02 Å². The molecule has 2 aliphatic rings. The number of fused-ring (bicyclic) bond motifs is 2. The van der Waals surface area contributed by atoms with Gasteiger partial charge >= 0.3 is 0 Å². The molecule has 46 heavy (non-hydrogen) atoms. The Morgan fingerprint density at radius 2 is 1.83 bits per heavy atom. The first-order valence-corrected chi connectivity index (χ1v) is 16.5. The summed E-state index contributed by atoms with van der Waals surface area (Å²) in [5.74, 6) is 2.28. The quantitative estimate of drug-likeness (QED) is 0.168. The zero-order chi connectivity index (χ0) is 31.9. The van der Waals surface area contributed by atoms with Crippen LogP contribution in [0.15, 0.2) is 76.9 Å². The Hall–Kier alpha value is -4.68. The van der Waals surface area contributed by atoms with Crippen LogP contribution >= 0.6 is 23.4 Å². The molecular formula is C33H31ClN8O3S. The maximum Gasteiger partial charge on any atom is 0.267 e. The molecule has 11 nitrogen and oxygen atoms in total. The molecule has 2 aliphatic heterocycles. The Bertz CT molecular complexity index is 2010. The normalized spacial score (nSPS) is 16.3. The van der Waals surface area contributed by atoms with Gasteiger partial charge < -0.3 is 19.4 Å². The molecule has 0 bridgehead atoms. The lowest BCUT2D eigenvalue weighted by Crippen LogP contribution is -2.46. The fraction of sp³-hybridized carbons (Fsp3) is 0.273. The molecule has 1 amide bonds. The van der Waals surface area contributed by atoms with E-state index in [0.29, 0.717) is 76.0 Å². The number of rotatable bonds is 7. The second-order valence-electron chi connectivity index (χ2n) is 11.2. The van der Waals surface area contributed by atoms with Gasteiger partial charge in [-0.2, -0.15) is 0 Å². The van der Waals surface area contributed by atoms with Crippen LogP contribution in [0.25, 0.3) is 16.6 Å². The maximum atomic E-state index is 14.1. The number of thioether (sulfide) groups is 1. The number of carbonyl (C=O) groups excluding carboxylic acids is 1. The van der Waals surface area contributed by atoms with E-state index in [2.05, 4.69) is 14.8 Å². The van der Waals surface area contributed by atoms with Crippen LogP contribution < -0.4 is 20.1 Å². The van der Waals surface area contributed by atoms with Crippen molar-refractivity contribution in [2.75, 3.05) is 43.4 Å². The van der Waals surface area contributed by atoms with Crippen molar-refractivity contribution in [2.24, 2.45) is 0 Å². The predicted octanol–water partition coefficient (Wildman–Crippen LogP) is 5.35. The number of anilines is 2. The first-order chi connectivity index (χ1) is 22.4. The molecule has 0 aliphatic carbocycles. The molecule has 5 heterocycles. The minimum atomic E-state index is -0.361. The van der Waals surface area contributed by atoms with E-state index in [9.17, 15) is 9.59 Å². The second kappa shape index (κ2) is 12.3. The number of aromatic nitrogens is 5. The number of hydrogen-bond acceptors (Lipinski definition) is 10. The highest BCUT2D eigenvalue weighted by molar-refractivity contribution is 7.98. The number of halogens is 1. The molecular weight excluding hydrogens is 624 g/mol. The van der Waals surface area contributed by atoms with Gasteiger partial charge in [-0.15, -0.1) is 0 Å². The van der Waals surface area contributed by atoms with Crippen molar-refractivity contribution in [1.82, 2.24) is 29.4 Å². The molecule has 0 saturated carbocycles. The minimum Gasteiger partial charge on any atom is -0.497 e. The van der Waals surface area contributed by atoms with Gasteiger partial charge in [-0.05, 0) is 61.1 Å². The molecule has 5 aromatic rings. The van der Waals surface area contributed by atoms with Gasteiger partial charge in [0.15, 0.2) is 5.16 Å². The van der Waals surface area contributed by atoms with Crippen LogP contribution in [0.5, 0.6) is 5.75 Å². The molecule has 3 aromatic heterocycles. The third kappa shape index (κ3) is 5.21. The summed E-state index contributed by atoms with van der Waals surface area (Å²) in [5.41, 5.74) is 2.31. The number of amides is 1. The summed E-state index contributed by atoms with van der Waals surface area (Å²) in [6.45, 7) is 1.53. The van der Waals surface area contributed by atoms with E-state index in [1.807, 2.05) is 36.6 Å². The number of ether oxygens (including phenoxy) is 1. The summed E-state index contributed by atoms with van der Waals surface area (Å²) in [6, 6.07) is 16.4. The van der Waals surface area contributed by atoms with Crippen molar-refractivity contribution >= 4 is 51.8 Å². The van der Waals surface area contributed by atoms with Gasteiger partial charge in [0.1, 0.15) is 28.8 Å². The van der Waals surface area contributed by atoms with Crippen molar-refractivity contribution in [3.63, 3.8) is 0 Å². The van der Waals surface area contributed by atoms with Gasteiger partial charge in [0.2, 0.25) is 0 Å². The van der Waals surface area contributed by atoms with Crippen molar-refractivity contribution in [3.8, 4) is 11.4 Å². The van der Waals surface area contributed by atoms with Crippen LogP contribution in [0, 0.1) is 0 Å². The van der Waals surface area contributed by atoms with Gasteiger partial charge in [0.25, 0.3) is 11.5 Å². The molecule has 0 N–H and O–H groups in total. The zero-order valence-electron chi connectivity index (χ0n) is 25.6. The Morgan fingerprint density at radius 1 is 1.02 bits per heavy atom. The molecule has 13 heteroatoms. The van der Waals surface area contributed by atoms with E-state index >= 15 is 0 Å². The molecule has 2 aromatic carbocycles. The Labute approximate surface area is 274 Å². The lowest BCUT2D eigenvalue weighted by Gasteiger charge is -2.38. The molecule has 234 valence electrons. The molecule has 0 spiro atoms. The van der Waals surface area contributed by atoms with Gasteiger partial charge in [-0.3, -0.25) is 19.1 Å². The first kappa shape index (κ1) is 30.0. The van der Waals surface area contributed by atoms with Gasteiger partial charge in [0, 0.05) is 26.3 Å². The number of methoxy groups -OCH3 is 1. The maximum absolute atomic E-state index is 14.1. The number of carbonyl (C=O) groups is 1. The lowest BCUT2D eigenvalue weighted by molar-refractivity contribution is 0.0780. The van der Waals surface area contributed by atoms with Crippen LogP contribution in [0.1, 0.15) is 40.6 Å². The monoisotopic (exact) mass is 654 g/mol. The van der Waals surface area contributed by atoms with Gasteiger partial charge in [0.05, 0.1) is 47.6 Å². The summed E-state index contributed by atoms with van der Waals surface area (Å²) < 4.78 is 6.93. The second-order valence-corrected chi connectivity index (χ2v) is 12.4. The molecule has 1 atom stereocenters. The molecule has 7 rings (SSSR count). The standard InChI is InChI=1S/C33H31ClN8O3S/c1-39-19-40(18-20-11-13-22(45-2)14-12-20)29-27(31(39)43)30(38-33(37-29)46-3)41-16-6-10-25(41)28-36-24-9-4-8-23(34)26(24)32(44)42(28)21-7-5-15-35-17-21/h4-5,7-9,11-15,17,25H,6,10,16,18-19H2,1-3H3/t25-/m0/s1. The third-order valence-electron chi connectivity index (χ3n) is 8.41. The average Bonchev–Trinajstić information content (AvgIpc) is 3.57. The SMILES string of the molecule is COc1ccc(CN2CN(C)C(=O)c3c2nc(SC)nc3N2CCC[C@H]2c2nc3cccc(Cl)c3c(=O)n2-c2cccnc2)cc1. The smallest absolute Gasteiger partial charge is 0.267 e. The summed E-state index contributed by atoms with van der Waals surface area (Å²) in [4.78, 5) is 53.1. The summed E-state index contributed by atoms with van der Waals surface area (Å²) >= 11 is 7.96. The first-order valence-electron chi connectivity index (χ1n) is 14.9. The van der Waals surface area contributed by atoms with E-state index in [-0.39, 0.29) is 17.5 Å². The number of nitrogens with zero attached hydrogens (tertiary/aromatic N) is 8. The Balaban J connectivity index is 1.39. The van der Waals surface area contributed by atoms with E-state index in [0.717, 1.165) is 17.7 Å². The third-order valence-corrected chi connectivity index (χ3v) is 9.27. The van der Waals surface area contributed by atoms with E-state index < -0.39 is 0 Å². The zero-order valence-corrected chi connectivity index (χ0v) is 27.1. The van der Waals surface area contributed by atoms with Crippen molar-refractivity contribution in [2.45, 2.75) is 30.6 Å².